The standard InChI is InChI=1S/C18H18O5/c1-11(19)7-8-13-14-9-17(20)22-16(14)10-15(13)23-18(21)12-5-3-2-4-6-12/h2-8,13-16H,9-10H2,1H3/t13-,14-,15-,16+/m1/s1. The highest BCUT2D eigenvalue weighted by atomic mass is 16.6. The molecule has 1 saturated carbocycles. The molecular formula is C18H18O5. The van der Waals surface area contributed by atoms with Crippen molar-refractivity contribution in [2.75, 3.05) is 0 Å². The van der Waals surface area contributed by atoms with Gasteiger partial charge in [-0.25, -0.2) is 4.79 Å². The Morgan fingerprint density at radius 3 is 2.70 bits per heavy atom. The molecule has 1 saturated heterocycles. The molecule has 0 aromatic heterocycles. The fourth-order valence-electron chi connectivity index (χ4n) is 3.32. The number of allylic oxidation sites excluding steroid dienone is 1. The Morgan fingerprint density at radius 2 is 2.00 bits per heavy atom. The Kier molecular flexibility index (Phi) is 4.28. The van der Waals surface area contributed by atoms with E-state index in [-0.39, 0.29) is 35.8 Å². The van der Waals surface area contributed by atoms with Gasteiger partial charge in [0, 0.05) is 18.3 Å². The van der Waals surface area contributed by atoms with Gasteiger partial charge in [-0.15, -0.1) is 0 Å². The van der Waals surface area contributed by atoms with E-state index in [2.05, 4.69) is 0 Å². The monoisotopic (exact) mass is 314 g/mol. The first-order chi connectivity index (χ1) is 11.0. The van der Waals surface area contributed by atoms with Crippen LogP contribution >= 0.6 is 0 Å². The number of fused-ring (bicyclic) bond motifs is 1. The number of esters is 2. The lowest BCUT2D eigenvalue weighted by molar-refractivity contribution is -0.141. The van der Waals surface area contributed by atoms with Crippen LogP contribution in [0.4, 0.5) is 0 Å². The van der Waals surface area contributed by atoms with Crippen LogP contribution in [0.1, 0.15) is 30.1 Å². The second kappa shape index (κ2) is 6.36. The highest BCUT2D eigenvalue weighted by Gasteiger charge is 2.50. The van der Waals surface area contributed by atoms with Crippen molar-refractivity contribution in [3.05, 3.63) is 48.0 Å². The minimum absolute atomic E-state index is 0.0355. The van der Waals surface area contributed by atoms with Gasteiger partial charge in [0.1, 0.15) is 12.2 Å². The van der Waals surface area contributed by atoms with Crippen LogP contribution in [0.5, 0.6) is 0 Å². The van der Waals surface area contributed by atoms with Crippen molar-refractivity contribution in [1.82, 2.24) is 0 Å². The van der Waals surface area contributed by atoms with Gasteiger partial charge in [0.2, 0.25) is 0 Å². The van der Waals surface area contributed by atoms with Crippen LogP contribution in [0.2, 0.25) is 0 Å². The third-order valence-electron chi connectivity index (χ3n) is 4.37. The van der Waals surface area contributed by atoms with Crippen molar-refractivity contribution in [3.63, 3.8) is 0 Å². The Labute approximate surface area is 134 Å². The number of hydrogen-bond donors (Lipinski definition) is 0. The van der Waals surface area contributed by atoms with E-state index in [0.29, 0.717) is 18.4 Å². The Balaban J connectivity index is 1.76. The topological polar surface area (TPSA) is 69.7 Å². The van der Waals surface area contributed by atoms with E-state index in [1.54, 1.807) is 30.3 Å². The molecule has 3 rings (SSSR count). The Hall–Kier alpha value is -2.43. The average molecular weight is 314 g/mol. The quantitative estimate of drug-likeness (QED) is 0.630. The maximum absolute atomic E-state index is 12.2. The van der Waals surface area contributed by atoms with Crippen molar-refractivity contribution in [2.24, 2.45) is 11.8 Å². The molecule has 0 unspecified atom stereocenters. The zero-order valence-corrected chi connectivity index (χ0v) is 12.8. The molecule has 5 heteroatoms. The third kappa shape index (κ3) is 3.33. The Morgan fingerprint density at radius 1 is 1.26 bits per heavy atom. The predicted molar refractivity (Wildman–Crippen MR) is 81.6 cm³/mol. The maximum Gasteiger partial charge on any atom is 0.338 e. The summed E-state index contributed by atoms with van der Waals surface area (Å²) in [6.45, 7) is 1.46. The SMILES string of the molecule is CC(=O)C=C[C@@H]1[C@H]2CC(=O)O[C@H]2C[C@H]1OC(=O)c1ccccc1. The molecule has 0 bridgehead atoms. The molecule has 1 aromatic carbocycles. The zero-order valence-electron chi connectivity index (χ0n) is 12.8. The molecule has 1 aliphatic heterocycles. The van der Waals surface area contributed by atoms with Crippen LogP contribution in [0.3, 0.4) is 0 Å². The molecule has 0 N–H and O–H groups in total. The minimum Gasteiger partial charge on any atom is -0.462 e. The molecule has 0 spiro atoms. The second-order valence-electron chi connectivity index (χ2n) is 5.99. The molecule has 4 atom stereocenters. The minimum atomic E-state index is -0.400. The van der Waals surface area contributed by atoms with Gasteiger partial charge in [0.05, 0.1) is 12.0 Å². The molecular weight excluding hydrogens is 296 g/mol. The van der Waals surface area contributed by atoms with Crippen molar-refractivity contribution in [2.45, 2.75) is 32.0 Å². The zero-order chi connectivity index (χ0) is 16.4. The number of rotatable bonds is 4. The predicted octanol–water partition coefficient (Wildman–Crippen LogP) is 2.31. The van der Waals surface area contributed by atoms with Crippen LogP contribution in [0.15, 0.2) is 42.5 Å². The molecule has 1 aromatic rings. The fraction of sp³-hybridized carbons (Fsp3) is 0.389. The fourth-order valence-corrected chi connectivity index (χ4v) is 3.32. The first kappa shape index (κ1) is 15.5. The number of ether oxygens (including phenoxy) is 2. The lowest BCUT2D eigenvalue weighted by atomic mass is 9.91. The van der Waals surface area contributed by atoms with E-state index < -0.39 is 5.97 Å². The number of ketones is 1. The van der Waals surface area contributed by atoms with E-state index in [9.17, 15) is 14.4 Å². The highest BCUT2D eigenvalue weighted by molar-refractivity contribution is 5.89. The van der Waals surface area contributed by atoms with Gasteiger partial charge in [-0.2, -0.15) is 0 Å². The van der Waals surface area contributed by atoms with Gasteiger partial charge in [-0.3, -0.25) is 9.59 Å². The van der Waals surface area contributed by atoms with E-state index >= 15 is 0 Å². The summed E-state index contributed by atoms with van der Waals surface area (Å²) in [4.78, 5) is 34.9. The van der Waals surface area contributed by atoms with E-state index in [0.717, 1.165) is 0 Å². The molecule has 0 amide bonds. The maximum atomic E-state index is 12.2. The first-order valence-electron chi connectivity index (χ1n) is 7.69. The number of benzene rings is 1. The van der Waals surface area contributed by atoms with Crippen molar-refractivity contribution < 1.29 is 23.9 Å². The number of carbonyl (C=O) groups is 3. The summed E-state index contributed by atoms with van der Waals surface area (Å²) in [6.07, 6.45) is 3.37. The summed E-state index contributed by atoms with van der Waals surface area (Å²) in [5.74, 6) is -0.918. The summed E-state index contributed by atoms with van der Waals surface area (Å²) >= 11 is 0. The van der Waals surface area contributed by atoms with Gasteiger partial charge in [0.15, 0.2) is 5.78 Å². The molecule has 2 fully saturated rings. The van der Waals surface area contributed by atoms with Crippen LogP contribution in [0, 0.1) is 11.8 Å². The van der Waals surface area contributed by atoms with Crippen LogP contribution in [-0.4, -0.2) is 29.9 Å². The van der Waals surface area contributed by atoms with E-state index in [4.69, 9.17) is 9.47 Å². The second-order valence-corrected chi connectivity index (χ2v) is 5.99. The van der Waals surface area contributed by atoms with Crippen LogP contribution < -0.4 is 0 Å². The highest BCUT2D eigenvalue weighted by Crippen LogP contribution is 2.43. The third-order valence-corrected chi connectivity index (χ3v) is 4.37. The normalized spacial score (nSPS) is 29.3. The summed E-state index contributed by atoms with van der Waals surface area (Å²) in [5, 5.41) is 0. The summed E-state index contributed by atoms with van der Waals surface area (Å²) < 4.78 is 10.9. The molecule has 5 nitrogen and oxygen atoms in total. The Bertz CT molecular complexity index is 649. The van der Waals surface area contributed by atoms with Gasteiger partial charge in [-0.05, 0) is 25.1 Å². The smallest absolute Gasteiger partial charge is 0.338 e. The van der Waals surface area contributed by atoms with Gasteiger partial charge in [-0.1, -0.05) is 24.3 Å². The van der Waals surface area contributed by atoms with Crippen LogP contribution in [0.25, 0.3) is 0 Å². The molecule has 1 heterocycles. The molecule has 120 valence electrons. The van der Waals surface area contributed by atoms with Crippen molar-refractivity contribution in [1.29, 1.82) is 0 Å². The van der Waals surface area contributed by atoms with Gasteiger partial charge in [0.25, 0.3) is 0 Å². The molecule has 23 heavy (non-hydrogen) atoms. The van der Waals surface area contributed by atoms with E-state index in [1.165, 1.54) is 13.0 Å². The summed E-state index contributed by atoms with van der Waals surface area (Å²) in [5.41, 5.74) is 0.482. The molecule has 2 aliphatic rings. The van der Waals surface area contributed by atoms with Crippen LogP contribution in [-0.2, 0) is 19.1 Å². The van der Waals surface area contributed by atoms with Crippen molar-refractivity contribution in [3.8, 4) is 0 Å². The van der Waals surface area contributed by atoms with Crippen molar-refractivity contribution >= 4 is 17.7 Å². The average Bonchev–Trinajstić information content (AvgIpc) is 3.02. The largest absolute Gasteiger partial charge is 0.462 e. The number of carbonyl (C=O) groups excluding carboxylic acids is 3. The molecule has 0 radical (unpaired) electrons. The lowest BCUT2D eigenvalue weighted by Gasteiger charge is -2.20. The van der Waals surface area contributed by atoms with Gasteiger partial charge < -0.3 is 9.47 Å². The number of hydrogen-bond acceptors (Lipinski definition) is 5. The van der Waals surface area contributed by atoms with E-state index in [1.807, 2.05) is 6.07 Å². The van der Waals surface area contributed by atoms with Gasteiger partial charge >= 0.3 is 11.9 Å². The lowest BCUT2D eigenvalue weighted by Crippen LogP contribution is -2.24. The molecule has 1 aliphatic carbocycles. The first-order valence-corrected chi connectivity index (χ1v) is 7.69. The summed E-state index contributed by atoms with van der Waals surface area (Å²) in [6, 6.07) is 8.76. The summed E-state index contributed by atoms with van der Waals surface area (Å²) in [7, 11) is 0.